The maximum atomic E-state index is 4.69. The molecule has 2 aliphatic rings. The Morgan fingerprint density at radius 3 is 2.54 bits per heavy atom. The van der Waals surface area contributed by atoms with Crippen molar-refractivity contribution >= 4 is 5.57 Å². The molecule has 3 rings (SSSR count). The van der Waals surface area contributed by atoms with Crippen LogP contribution >= 0.6 is 0 Å². The Morgan fingerprint density at radius 2 is 1.81 bits per heavy atom. The summed E-state index contributed by atoms with van der Waals surface area (Å²) in [6.07, 6.45) is 16.0. The maximum absolute atomic E-state index is 4.69. The van der Waals surface area contributed by atoms with Crippen LogP contribution in [0.1, 0.15) is 96.5 Å². The Balaban J connectivity index is 1.95. The number of hydrogen-bond acceptors (Lipinski definition) is 0. The molecule has 0 heterocycles. The molecule has 0 unspecified atom stereocenters. The molecule has 0 saturated heterocycles. The van der Waals surface area contributed by atoms with Crippen LogP contribution in [0.5, 0.6) is 0 Å². The average molecular weight is 351 g/mol. The predicted octanol–water partition coefficient (Wildman–Crippen LogP) is 8.35. The van der Waals surface area contributed by atoms with Crippen LogP contribution in [-0.2, 0) is 0 Å². The highest BCUT2D eigenvalue weighted by Gasteiger charge is 2.52. The molecule has 0 radical (unpaired) electrons. The minimum Gasteiger partial charge on any atom is -0.0989 e. The summed E-state index contributed by atoms with van der Waals surface area (Å²) in [5.74, 6) is 0.822. The molecule has 1 fully saturated rings. The molecule has 142 valence electrons. The van der Waals surface area contributed by atoms with Crippen LogP contribution in [0.4, 0.5) is 0 Å². The van der Waals surface area contributed by atoms with E-state index >= 15 is 0 Å². The lowest BCUT2D eigenvalue weighted by Gasteiger charge is -2.36. The van der Waals surface area contributed by atoms with Gasteiger partial charge in [-0.3, -0.25) is 0 Å². The number of unbranched alkanes of at least 4 members (excludes halogenated alkanes) is 4. The van der Waals surface area contributed by atoms with Gasteiger partial charge in [-0.1, -0.05) is 94.0 Å². The number of rotatable bonds is 10. The molecule has 0 N–H and O–H groups in total. The molecule has 2 atom stereocenters. The minimum absolute atomic E-state index is 0.288. The van der Waals surface area contributed by atoms with Crippen molar-refractivity contribution < 1.29 is 0 Å². The highest BCUT2D eigenvalue weighted by molar-refractivity contribution is 5.79. The highest BCUT2D eigenvalue weighted by atomic mass is 14.6. The van der Waals surface area contributed by atoms with E-state index in [1.54, 1.807) is 16.7 Å². The van der Waals surface area contributed by atoms with Crippen LogP contribution < -0.4 is 0 Å². The summed E-state index contributed by atoms with van der Waals surface area (Å²) in [6.45, 7) is 9.30. The molecule has 1 saturated carbocycles. The van der Waals surface area contributed by atoms with Gasteiger partial charge < -0.3 is 0 Å². The van der Waals surface area contributed by atoms with Gasteiger partial charge in [0, 0.05) is 5.41 Å². The zero-order chi connectivity index (χ0) is 18.4. The second-order valence-corrected chi connectivity index (χ2v) is 8.63. The molecule has 26 heavy (non-hydrogen) atoms. The largest absolute Gasteiger partial charge is 0.0989 e. The van der Waals surface area contributed by atoms with Crippen molar-refractivity contribution in [2.24, 2.45) is 11.3 Å². The van der Waals surface area contributed by atoms with Crippen molar-refractivity contribution in [3.05, 3.63) is 53.6 Å². The second-order valence-electron chi connectivity index (χ2n) is 8.63. The second kappa shape index (κ2) is 9.07. The first-order valence-electron chi connectivity index (χ1n) is 11.2. The zero-order valence-electron chi connectivity index (χ0n) is 17.2. The zero-order valence-corrected chi connectivity index (χ0v) is 17.2. The third-order valence-corrected chi connectivity index (χ3v) is 6.97. The van der Waals surface area contributed by atoms with Gasteiger partial charge in [-0.05, 0) is 62.0 Å². The van der Waals surface area contributed by atoms with Gasteiger partial charge in [-0.25, -0.2) is 0 Å². The van der Waals surface area contributed by atoms with Crippen LogP contribution in [-0.4, -0.2) is 0 Å². The van der Waals surface area contributed by atoms with Crippen LogP contribution in [0.2, 0.25) is 0 Å². The normalized spacial score (nSPS) is 24.9. The lowest BCUT2D eigenvalue weighted by molar-refractivity contribution is 0.358. The fraction of sp³-hybridized carbons (Fsp3) is 0.615. The molecule has 1 aromatic rings. The Bertz CT molecular complexity index is 621. The topological polar surface area (TPSA) is 0 Å². The third-order valence-electron chi connectivity index (χ3n) is 6.97. The third kappa shape index (κ3) is 3.71. The number of hydrogen-bond donors (Lipinski definition) is 0. The monoisotopic (exact) mass is 350 g/mol. The van der Waals surface area contributed by atoms with E-state index in [2.05, 4.69) is 44.2 Å². The summed E-state index contributed by atoms with van der Waals surface area (Å²) in [5, 5.41) is 0. The van der Waals surface area contributed by atoms with Crippen molar-refractivity contribution in [3.63, 3.8) is 0 Å². The van der Waals surface area contributed by atoms with E-state index in [4.69, 9.17) is 6.58 Å². The van der Waals surface area contributed by atoms with Crippen molar-refractivity contribution in [1.29, 1.82) is 0 Å². The van der Waals surface area contributed by atoms with E-state index in [0.29, 0.717) is 0 Å². The van der Waals surface area contributed by atoms with Gasteiger partial charge in [-0.2, -0.15) is 0 Å². The van der Waals surface area contributed by atoms with Crippen molar-refractivity contribution in [2.75, 3.05) is 0 Å². The minimum atomic E-state index is 0.288. The smallest absolute Gasteiger partial charge is 0.0195 e. The van der Waals surface area contributed by atoms with Crippen LogP contribution in [0.25, 0.3) is 5.57 Å². The van der Waals surface area contributed by atoms with Gasteiger partial charge >= 0.3 is 0 Å². The molecule has 0 bridgehead atoms. The Morgan fingerprint density at radius 1 is 1.04 bits per heavy atom. The summed E-state index contributed by atoms with van der Waals surface area (Å²) in [7, 11) is 0. The van der Waals surface area contributed by atoms with E-state index in [1.165, 1.54) is 82.6 Å². The van der Waals surface area contributed by atoms with Gasteiger partial charge in [0.05, 0.1) is 0 Å². The predicted molar refractivity (Wildman–Crippen MR) is 115 cm³/mol. The van der Waals surface area contributed by atoms with Crippen molar-refractivity contribution in [1.82, 2.24) is 0 Å². The molecule has 2 aliphatic carbocycles. The summed E-state index contributed by atoms with van der Waals surface area (Å²) < 4.78 is 0. The number of allylic oxidation sites excluding steroid dienone is 3. The fourth-order valence-corrected chi connectivity index (χ4v) is 5.71. The molecular formula is C26H38. The molecule has 0 spiro atoms. The van der Waals surface area contributed by atoms with Gasteiger partial charge in [0.25, 0.3) is 0 Å². The highest BCUT2D eigenvalue weighted by Crippen LogP contribution is 2.64. The summed E-state index contributed by atoms with van der Waals surface area (Å²) in [5.41, 5.74) is 6.80. The fourth-order valence-electron chi connectivity index (χ4n) is 5.71. The first kappa shape index (κ1) is 19.5. The Hall–Kier alpha value is -1.30. The van der Waals surface area contributed by atoms with Crippen molar-refractivity contribution in [2.45, 2.75) is 90.9 Å². The van der Waals surface area contributed by atoms with Gasteiger partial charge in [0.2, 0.25) is 0 Å². The quantitative estimate of drug-likeness (QED) is 0.294. The Kier molecular flexibility index (Phi) is 6.79. The van der Waals surface area contributed by atoms with Crippen LogP contribution in [0.15, 0.2) is 48.1 Å². The molecule has 1 aromatic carbocycles. The summed E-state index contributed by atoms with van der Waals surface area (Å²) in [6, 6.07) is 11.3. The Labute approximate surface area is 161 Å². The lowest BCUT2D eigenvalue weighted by atomic mass is 9.67. The number of benzene rings is 1. The van der Waals surface area contributed by atoms with E-state index in [-0.39, 0.29) is 5.41 Å². The van der Waals surface area contributed by atoms with E-state index in [1.807, 2.05) is 0 Å². The molecule has 0 heteroatoms. The van der Waals surface area contributed by atoms with Crippen LogP contribution in [0, 0.1) is 11.3 Å². The molecule has 0 nitrogen and oxygen atoms in total. The molecular weight excluding hydrogens is 312 g/mol. The summed E-state index contributed by atoms with van der Waals surface area (Å²) >= 11 is 0. The SMILES string of the molecule is C=C(CCCC)[C@@]12CCC[C@@H]1CC(CCCCCC)=C2c1ccccc1. The lowest BCUT2D eigenvalue weighted by Crippen LogP contribution is -2.25. The number of fused-ring (bicyclic) bond motifs is 1. The van der Waals surface area contributed by atoms with Crippen LogP contribution in [0.3, 0.4) is 0 Å². The molecule has 0 amide bonds. The average Bonchev–Trinajstić information content (AvgIpc) is 3.20. The van der Waals surface area contributed by atoms with E-state index in [9.17, 15) is 0 Å². The van der Waals surface area contributed by atoms with Gasteiger partial charge in [-0.15, -0.1) is 0 Å². The first-order valence-corrected chi connectivity index (χ1v) is 11.2. The standard InChI is InChI=1S/C26H38/c1-4-6-8-10-17-23-20-24-18-13-19-26(24,21(3)14-7-5-2)25(23)22-15-11-9-12-16-22/h9,11-12,15-16,24H,3-8,10,13-14,17-20H2,1-2H3/t24-,26+/m1/s1. The van der Waals surface area contributed by atoms with E-state index < -0.39 is 0 Å². The molecule has 0 aliphatic heterocycles. The maximum Gasteiger partial charge on any atom is 0.0195 e. The molecule has 0 aromatic heterocycles. The summed E-state index contributed by atoms with van der Waals surface area (Å²) in [4.78, 5) is 0. The van der Waals surface area contributed by atoms with Gasteiger partial charge in [0.1, 0.15) is 0 Å². The van der Waals surface area contributed by atoms with Gasteiger partial charge in [0.15, 0.2) is 0 Å². The van der Waals surface area contributed by atoms with Crippen molar-refractivity contribution in [3.8, 4) is 0 Å². The van der Waals surface area contributed by atoms with E-state index in [0.717, 1.165) is 5.92 Å². The first-order chi connectivity index (χ1) is 12.7.